The SMILES string of the molecule is COc1ccc([C@H]2Cn3nnc(C(=O)N4CCN(c5cccc(C)c5C)CC4)c3CO2)cc1. The highest BCUT2D eigenvalue weighted by Crippen LogP contribution is 2.29. The predicted octanol–water partition coefficient (Wildman–Crippen LogP) is 3.14. The molecule has 1 aromatic heterocycles. The van der Waals surface area contributed by atoms with Crippen LogP contribution in [-0.4, -0.2) is 59.1 Å². The topological polar surface area (TPSA) is 72.7 Å². The third-order valence-electron chi connectivity index (χ3n) is 6.77. The van der Waals surface area contributed by atoms with Crippen LogP contribution >= 0.6 is 0 Å². The molecule has 172 valence electrons. The molecule has 8 nitrogen and oxygen atoms in total. The lowest BCUT2D eigenvalue weighted by Gasteiger charge is -2.37. The normalized spacial score (nSPS) is 18.2. The number of aryl methyl sites for hydroxylation is 1. The molecule has 1 amide bonds. The van der Waals surface area contributed by atoms with Crippen molar-refractivity contribution in [3.05, 3.63) is 70.5 Å². The Kier molecular flexibility index (Phi) is 5.76. The van der Waals surface area contributed by atoms with Crippen LogP contribution in [0.25, 0.3) is 0 Å². The lowest BCUT2D eigenvalue weighted by Crippen LogP contribution is -2.49. The zero-order valence-electron chi connectivity index (χ0n) is 19.3. The first kappa shape index (κ1) is 21.5. The Morgan fingerprint density at radius 2 is 1.82 bits per heavy atom. The van der Waals surface area contributed by atoms with Gasteiger partial charge in [0.05, 0.1) is 26.0 Å². The Labute approximate surface area is 193 Å². The molecule has 2 aliphatic heterocycles. The summed E-state index contributed by atoms with van der Waals surface area (Å²) in [4.78, 5) is 17.5. The van der Waals surface area contributed by atoms with Crippen LogP contribution in [-0.2, 0) is 17.9 Å². The van der Waals surface area contributed by atoms with Crippen molar-refractivity contribution in [1.29, 1.82) is 0 Å². The van der Waals surface area contributed by atoms with E-state index in [0.29, 0.717) is 31.9 Å². The first-order valence-electron chi connectivity index (χ1n) is 11.3. The van der Waals surface area contributed by atoms with E-state index in [0.717, 1.165) is 30.1 Å². The van der Waals surface area contributed by atoms with Crippen LogP contribution in [0.4, 0.5) is 5.69 Å². The van der Waals surface area contributed by atoms with Gasteiger partial charge in [0.2, 0.25) is 0 Å². The number of piperazine rings is 1. The lowest BCUT2D eigenvalue weighted by atomic mass is 10.1. The van der Waals surface area contributed by atoms with Gasteiger partial charge in [0.15, 0.2) is 5.69 Å². The van der Waals surface area contributed by atoms with Crippen molar-refractivity contribution < 1.29 is 14.3 Å². The Morgan fingerprint density at radius 1 is 1.06 bits per heavy atom. The van der Waals surface area contributed by atoms with Gasteiger partial charge in [-0.25, -0.2) is 4.68 Å². The van der Waals surface area contributed by atoms with Crippen LogP contribution in [0.3, 0.4) is 0 Å². The second-order valence-electron chi connectivity index (χ2n) is 8.64. The summed E-state index contributed by atoms with van der Waals surface area (Å²) < 4.78 is 13.1. The fourth-order valence-electron chi connectivity index (χ4n) is 4.58. The molecule has 3 aromatic rings. The van der Waals surface area contributed by atoms with Crippen LogP contribution in [0.15, 0.2) is 42.5 Å². The number of hydrogen-bond acceptors (Lipinski definition) is 6. The minimum atomic E-state index is -0.130. The summed E-state index contributed by atoms with van der Waals surface area (Å²) in [6.45, 7) is 8.06. The number of benzene rings is 2. The van der Waals surface area contributed by atoms with Gasteiger partial charge in [0.1, 0.15) is 11.9 Å². The highest BCUT2D eigenvalue weighted by atomic mass is 16.5. The van der Waals surface area contributed by atoms with Crippen molar-refractivity contribution in [1.82, 2.24) is 19.9 Å². The summed E-state index contributed by atoms with van der Waals surface area (Å²) in [5.41, 5.74) is 6.04. The smallest absolute Gasteiger partial charge is 0.276 e. The van der Waals surface area contributed by atoms with Crippen molar-refractivity contribution >= 4 is 11.6 Å². The van der Waals surface area contributed by atoms with E-state index in [2.05, 4.69) is 47.3 Å². The van der Waals surface area contributed by atoms with Gasteiger partial charge in [-0.05, 0) is 48.7 Å². The fourth-order valence-corrected chi connectivity index (χ4v) is 4.58. The molecule has 33 heavy (non-hydrogen) atoms. The predicted molar refractivity (Wildman–Crippen MR) is 125 cm³/mol. The third kappa shape index (κ3) is 4.06. The van der Waals surface area contributed by atoms with Crippen LogP contribution in [0.5, 0.6) is 5.75 Å². The molecule has 0 aliphatic carbocycles. The van der Waals surface area contributed by atoms with E-state index in [-0.39, 0.29) is 12.0 Å². The van der Waals surface area contributed by atoms with Gasteiger partial charge in [-0.3, -0.25) is 4.79 Å². The summed E-state index contributed by atoms with van der Waals surface area (Å²) in [7, 11) is 1.65. The summed E-state index contributed by atoms with van der Waals surface area (Å²) in [6, 6.07) is 14.2. The summed E-state index contributed by atoms with van der Waals surface area (Å²) in [5.74, 6) is 0.741. The summed E-state index contributed by atoms with van der Waals surface area (Å²) >= 11 is 0. The molecule has 8 heteroatoms. The minimum absolute atomic E-state index is 0.0663. The zero-order valence-corrected chi connectivity index (χ0v) is 19.3. The number of anilines is 1. The van der Waals surface area contributed by atoms with Crippen molar-refractivity contribution in [3.63, 3.8) is 0 Å². The number of amides is 1. The minimum Gasteiger partial charge on any atom is -0.497 e. The van der Waals surface area contributed by atoms with Gasteiger partial charge in [0.25, 0.3) is 5.91 Å². The number of aromatic nitrogens is 3. The molecule has 0 bridgehead atoms. The number of methoxy groups -OCH3 is 1. The van der Waals surface area contributed by atoms with Crippen molar-refractivity contribution in [2.45, 2.75) is 33.1 Å². The number of carbonyl (C=O) groups is 1. The maximum Gasteiger partial charge on any atom is 0.276 e. The molecule has 5 rings (SSSR count). The quantitative estimate of drug-likeness (QED) is 0.612. The van der Waals surface area contributed by atoms with E-state index in [1.807, 2.05) is 29.2 Å². The standard InChI is InChI=1S/C25H29N5O3/c1-17-5-4-6-21(18(17)2)28-11-13-29(14-12-28)25(31)24-22-16-33-23(15-30(22)27-26-24)19-7-9-20(32-3)10-8-19/h4-10,23H,11-16H2,1-3H3/t23-/m1/s1. The maximum absolute atomic E-state index is 13.2. The van der Waals surface area contributed by atoms with E-state index in [1.165, 1.54) is 16.8 Å². The van der Waals surface area contributed by atoms with E-state index in [4.69, 9.17) is 9.47 Å². The first-order valence-corrected chi connectivity index (χ1v) is 11.3. The van der Waals surface area contributed by atoms with Gasteiger partial charge in [0, 0.05) is 31.9 Å². The highest BCUT2D eigenvalue weighted by Gasteiger charge is 2.31. The molecule has 0 radical (unpaired) electrons. The molecule has 2 aliphatic rings. The van der Waals surface area contributed by atoms with Crippen molar-refractivity contribution in [2.24, 2.45) is 0 Å². The number of ether oxygens (including phenoxy) is 2. The lowest BCUT2D eigenvalue weighted by molar-refractivity contribution is -0.00198. The molecule has 0 unspecified atom stereocenters. The molecular weight excluding hydrogens is 418 g/mol. The van der Waals surface area contributed by atoms with E-state index < -0.39 is 0 Å². The molecule has 2 aromatic carbocycles. The number of carbonyl (C=O) groups excluding carboxylic acids is 1. The Morgan fingerprint density at radius 3 is 2.55 bits per heavy atom. The Bertz CT molecular complexity index is 1150. The first-order chi connectivity index (χ1) is 16.0. The third-order valence-corrected chi connectivity index (χ3v) is 6.77. The Hall–Kier alpha value is -3.39. The molecule has 0 spiro atoms. The van der Waals surface area contributed by atoms with E-state index in [9.17, 15) is 4.79 Å². The number of nitrogens with zero attached hydrogens (tertiary/aromatic N) is 5. The van der Waals surface area contributed by atoms with Gasteiger partial charge < -0.3 is 19.3 Å². The second-order valence-corrected chi connectivity index (χ2v) is 8.64. The van der Waals surface area contributed by atoms with Gasteiger partial charge >= 0.3 is 0 Å². The van der Waals surface area contributed by atoms with Crippen molar-refractivity contribution in [3.8, 4) is 5.75 Å². The van der Waals surface area contributed by atoms with Crippen LogP contribution in [0, 0.1) is 13.8 Å². The van der Waals surface area contributed by atoms with Crippen LogP contribution in [0.2, 0.25) is 0 Å². The highest BCUT2D eigenvalue weighted by molar-refractivity contribution is 5.93. The monoisotopic (exact) mass is 447 g/mol. The van der Waals surface area contributed by atoms with Gasteiger partial charge in [-0.2, -0.15) is 0 Å². The Balaban J connectivity index is 1.25. The molecular formula is C25H29N5O3. The zero-order chi connectivity index (χ0) is 22.9. The molecule has 1 fully saturated rings. The maximum atomic E-state index is 13.2. The van der Waals surface area contributed by atoms with Gasteiger partial charge in [-0.15, -0.1) is 5.10 Å². The largest absolute Gasteiger partial charge is 0.497 e. The van der Waals surface area contributed by atoms with Crippen LogP contribution < -0.4 is 9.64 Å². The molecule has 3 heterocycles. The molecule has 0 saturated carbocycles. The average molecular weight is 448 g/mol. The number of fused-ring (bicyclic) bond motifs is 1. The summed E-state index contributed by atoms with van der Waals surface area (Å²) in [6.07, 6.45) is -0.130. The summed E-state index contributed by atoms with van der Waals surface area (Å²) in [5, 5.41) is 8.51. The molecule has 1 atom stereocenters. The number of hydrogen-bond donors (Lipinski definition) is 0. The fraction of sp³-hybridized carbons (Fsp3) is 0.400. The average Bonchev–Trinajstić information content (AvgIpc) is 3.29. The van der Waals surface area contributed by atoms with E-state index in [1.54, 1.807) is 11.8 Å². The second kappa shape index (κ2) is 8.86. The van der Waals surface area contributed by atoms with Crippen LogP contribution in [0.1, 0.15) is 39.0 Å². The van der Waals surface area contributed by atoms with Gasteiger partial charge in [-0.1, -0.05) is 29.5 Å². The molecule has 0 N–H and O–H groups in total. The van der Waals surface area contributed by atoms with Crippen molar-refractivity contribution in [2.75, 3.05) is 38.2 Å². The number of rotatable bonds is 4. The van der Waals surface area contributed by atoms with E-state index >= 15 is 0 Å². The molecule has 1 saturated heterocycles.